The number of nitrogens with one attached hydrogen (secondary N) is 1. The van der Waals surface area contributed by atoms with E-state index in [-0.39, 0.29) is 23.6 Å². The minimum absolute atomic E-state index is 0.00384. The molecule has 2 atom stereocenters. The minimum atomic E-state index is 0.00384. The number of hydrogen-bond acceptors (Lipinski definition) is 6. The molecule has 0 bridgehead atoms. The highest BCUT2D eigenvalue weighted by molar-refractivity contribution is 7.99. The summed E-state index contributed by atoms with van der Waals surface area (Å²) in [6.07, 6.45) is 1.98. The molecular formula is C14H23NO4S. The zero-order valence-corrected chi connectivity index (χ0v) is 13.2. The van der Waals surface area contributed by atoms with E-state index >= 15 is 0 Å². The second kappa shape index (κ2) is 8.24. The molecular weight excluding hydrogens is 278 g/mol. The first-order valence-electron chi connectivity index (χ1n) is 6.38. The number of phenolic OH excluding ortho intramolecular Hbond substituents is 1. The summed E-state index contributed by atoms with van der Waals surface area (Å²) < 4.78 is 10.2. The Morgan fingerprint density at radius 2 is 1.80 bits per heavy atom. The molecule has 0 fully saturated rings. The van der Waals surface area contributed by atoms with Crippen LogP contribution < -0.4 is 14.8 Å². The number of aliphatic hydroxyl groups excluding tert-OH is 1. The summed E-state index contributed by atoms with van der Waals surface area (Å²) in [5, 5.41) is 22.6. The molecule has 0 aromatic heterocycles. The molecule has 114 valence electrons. The minimum Gasteiger partial charge on any atom is -0.502 e. The Morgan fingerprint density at radius 1 is 1.25 bits per heavy atom. The van der Waals surface area contributed by atoms with Crippen molar-refractivity contribution >= 4 is 11.8 Å². The van der Waals surface area contributed by atoms with Crippen molar-refractivity contribution in [3.8, 4) is 17.2 Å². The van der Waals surface area contributed by atoms with Crippen LogP contribution in [0.15, 0.2) is 12.1 Å². The molecule has 0 heterocycles. The Bertz CT molecular complexity index is 399. The van der Waals surface area contributed by atoms with Crippen LogP contribution in [0.5, 0.6) is 17.2 Å². The second-order valence-electron chi connectivity index (χ2n) is 4.48. The topological polar surface area (TPSA) is 71.0 Å². The molecule has 2 unspecified atom stereocenters. The van der Waals surface area contributed by atoms with Crippen LogP contribution in [0.25, 0.3) is 0 Å². The van der Waals surface area contributed by atoms with Gasteiger partial charge in [0.05, 0.1) is 20.8 Å². The third-order valence-electron chi connectivity index (χ3n) is 3.21. The fourth-order valence-electron chi connectivity index (χ4n) is 1.90. The van der Waals surface area contributed by atoms with Crippen LogP contribution in [-0.4, -0.2) is 48.6 Å². The van der Waals surface area contributed by atoms with Crippen molar-refractivity contribution in [2.75, 3.05) is 27.1 Å². The molecule has 5 nitrogen and oxygen atoms in total. The number of aromatic hydroxyl groups is 1. The van der Waals surface area contributed by atoms with Crippen molar-refractivity contribution in [1.29, 1.82) is 0 Å². The standard InChI is InChI=1S/C14H23NO4S/c1-9(13(8-16)20-4)15-7-10-5-11(18-2)14(17)12(6-10)19-3/h5-6,9,13,15-17H,7-8H2,1-4H3. The molecule has 0 aliphatic heterocycles. The van der Waals surface area contributed by atoms with Crippen LogP contribution in [0.3, 0.4) is 0 Å². The summed E-state index contributed by atoms with van der Waals surface area (Å²) in [4.78, 5) is 0. The van der Waals surface area contributed by atoms with Gasteiger partial charge in [-0.15, -0.1) is 0 Å². The molecule has 3 N–H and O–H groups in total. The Labute approximate surface area is 124 Å². The maximum Gasteiger partial charge on any atom is 0.200 e. The number of rotatable bonds is 8. The number of ether oxygens (including phenoxy) is 2. The molecule has 6 heteroatoms. The molecule has 0 saturated carbocycles. The molecule has 1 aromatic rings. The second-order valence-corrected chi connectivity index (χ2v) is 5.55. The van der Waals surface area contributed by atoms with Gasteiger partial charge in [0, 0.05) is 17.8 Å². The van der Waals surface area contributed by atoms with Crippen LogP contribution in [0.1, 0.15) is 12.5 Å². The summed E-state index contributed by atoms with van der Waals surface area (Å²) in [5.74, 6) is 0.777. The average Bonchev–Trinajstić information content (AvgIpc) is 2.47. The lowest BCUT2D eigenvalue weighted by Crippen LogP contribution is -2.37. The lowest BCUT2D eigenvalue weighted by molar-refractivity contribution is 0.275. The van der Waals surface area contributed by atoms with Gasteiger partial charge in [0.15, 0.2) is 11.5 Å². The predicted octanol–water partition coefficient (Wildman–Crippen LogP) is 1.61. The lowest BCUT2D eigenvalue weighted by Gasteiger charge is -2.21. The van der Waals surface area contributed by atoms with E-state index in [1.807, 2.05) is 13.2 Å². The molecule has 0 saturated heterocycles. The van der Waals surface area contributed by atoms with Gasteiger partial charge in [0.25, 0.3) is 0 Å². The molecule has 0 aliphatic rings. The van der Waals surface area contributed by atoms with Gasteiger partial charge in [-0.2, -0.15) is 11.8 Å². The van der Waals surface area contributed by atoms with Gasteiger partial charge >= 0.3 is 0 Å². The summed E-state index contributed by atoms with van der Waals surface area (Å²) in [6.45, 7) is 2.77. The fourth-order valence-corrected chi connectivity index (χ4v) is 2.55. The molecule has 0 radical (unpaired) electrons. The average molecular weight is 301 g/mol. The van der Waals surface area contributed by atoms with Gasteiger partial charge in [-0.05, 0) is 30.9 Å². The van der Waals surface area contributed by atoms with Crippen LogP contribution in [-0.2, 0) is 6.54 Å². The number of hydrogen-bond donors (Lipinski definition) is 3. The third-order valence-corrected chi connectivity index (χ3v) is 4.37. The van der Waals surface area contributed by atoms with Crippen molar-refractivity contribution in [2.45, 2.75) is 24.8 Å². The third kappa shape index (κ3) is 4.19. The van der Waals surface area contributed by atoms with E-state index in [0.717, 1.165) is 5.56 Å². The SMILES string of the molecule is COc1cc(CNC(C)C(CO)SC)cc(OC)c1O. The first kappa shape index (κ1) is 16.9. The number of phenols is 1. The quantitative estimate of drug-likeness (QED) is 0.678. The largest absolute Gasteiger partial charge is 0.502 e. The molecule has 0 spiro atoms. The normalized spacial score (nSPS) is 13.8. The first-order valence-corrected chi connectivity index (χ1v) is 7.67. The van der Waals surface area contributed by atoms with Crippen molar-refractivity contribution in [3.63, 3.8) is 0 Å². The van der Waals surface area contributed by atoms with Crippen LogP contribution in [0.4, 0.5) is 0 Å². The highest BCUT2D eigenvalue weighted by Gasteiger charge is 2.16. The van der Waals surface area contributed by atoms with Crippen molar-refractivity contribution in [2.24, 2.45) is 0 Å². The van der Waals surface area contributed by atoms with Gasteiger partial charge in [-0.3, -0.25) is 0 Å². The Morgan fingerprint density at radius 3 is 2.20 bits per heavy atom. The van der Waals surface area contributed by atoms with E-state index in [0.29, 0.717) is 18.0 Å². The maximum absolute atomic E-state index is 9.85. The van der Waals surface area contributed by atoms with Crippen LogP contribution in [0, 0.1) is 0 Å². The number of methoxy groups -OCH3 is 2. The Hall–Kier alpha value is -1.11. The highest BCUT2D eigenvalue weighted by Crippen LogP contribution is 2.37. The van der Waals surface area contributed by atoms with Crippen molar-refractivity contribution < 1.29 is 19.7 Å². The Balaban J connectivity index is 2.77. The van der Waals surface area contributed by atoms with Gasteiger partial charge in [-0.25, -0.2) is 0 Å². The lowest BCUT2D eigenvalue weighted by atomic mass is 10.1. The zero-order valence-electron chi connectivity index (χ0n) is 12.3. The smallest absolute Gasteiger partial charge is 0.200 e. The van der Waals surface area contributed by atoms with Gasteiger partial charge < -0.3 is 25.0 Å². The summed E-state index contributed by atoms with van der Waals surface area (Å²) in [6, 6.07) is 3.70. The van der Waals surface area contributed by atoms with E-state index in [4.69, 9.17) is 9.47 Å². The highest BCUT2D eigenvalue weighted by atomic mass is 32.2. The molecule has 20 heavy (non-hydrogen) atoms. The van der Waals surface area contributed by atoms with E-state index < -0.39 is 0 Å². The van der Waals surface area contributed by atoms with E-state index in [2.05, 4.69) is 5.32 Å². The van der Waals surface area contributed by atoms with Crippen molar-refractivity contribution in [1.82, 2.24) is 5.32 Å². The van der Waals surface area contributed by atoms with Gasteiger partial charge in [-0.1, -0.05) is 0 Å². The molecule has 1 aromatic carbocycles. The van der Waals surface area contributed by atoms with Gasteiger partial charge in [0.2, 0.25) is 5.75 Å². The number of thioether (sulfide) groups is 1. The molecule has 0 amide bonds. The monoisotopic (exact) mass is 301 g/mol. The number of aliphatic hydroxyl groups is 1. The molecule has 1 rings (SSSR count). The Kier molecular flexibility index (Phi) is 6.98. The van der Waals surface area contributed by atoms with Crippen LogP contribution >= 0.6 is 11.8 Å². The first-order chi connectivity index (χ1) is 9.57. The summed E-state index contributed by atoms with van der Waals surface area (Å²) >= 11 is 1.63. The fraction of sp³-hybridized carbons (Fsp3) is 0.571. The van der Waals surface area contributed by atoms with Gasteiger partial charge in [0.1, 0.15) is 0 Å². The molecule has 0 aliphatic carbocycles. The van der Waals surface area contributed by atoms with Crippen LogP contribution in [0.2, 0.25) is 0 Å². The predicted molar refractivity (Wildman–Crippen MR) is 81.9 cm³/mol. The maximum atomic E-state index is 9.85. The zero-order chi connectivity index (χ0) is 15.1. The van der Waals surface area contributed by atoms with Crippen molar-refractivity contribution in [3.05, 3.63) is 17.7 Å². The van der Waals surface area contributed by atoms with E-state index in [9.17, 15) is 10.2 Å². The summed E-state index contributed by atoms with van der Waals surface area (Å²) in [7, 11) is 3.01. The van der Waals surface area contributed by atoms with E-state index in [1.54, 1.807) is 23.9 Å². The summed E-state index contributed by atoms with van der Waals surface area (Å²) in [5.41, 5.74) is 0.946. The number of benzene rings is 1. The van der Waals surface area contributed by atoms with E-state index in [1.165, 1.54) is 14.2 Å².